The lowest BCUT2D eigenvalue weighted by Crippen LogP contribution is -2.33. The average molecular weight is 394 g/mol. The van der Waals surface area contributed by atoms with Crippen molar-refractivity contribution in [3.63, 3.8) is 0 Å². The van der Waals surface area contributed by atoms with Crippen LogP contribution < -0.4 is 15.8 Å². The van der Waals surface area contributed by atoms with Gasteiger partial charge in [-0.15, -0.1) is 0 Å². The lowest BCUT2D eigenvalue weighted by Gasteiger charge is -2.25. The Labute approximate surface area is 154 Å². The Morgan fingerprint density at radius 2 is 2.11 bits per heavy atom. The largest absolute Gasteiger partial charge is 0.530 e. The highest BCUT2D eigenvalue weighted by atomic mass is 31.2. The Hall–Kier alpha value is -2.19. The molecule has 2 aromatic rings. The molecule has 3 atom stereocenters. The number of para-hydroxylation sites is 1. The van der Waals surface area contributed by atoms with Crippen LogP contribution in [0.1, 0.15) is 30.2 Å². The molecule has 10 heteroatoms. The zero-order chi connectivity index (χ0) is 19.0. The first-order valence-electron chi connectivity index (χ1n) is 8.58. The van der Waals surface area contributed by atoms with Crippen molar-refractivity contribution >= 4 is 7.82 Å². The van der Waals surface area contributed by atoms with Gasteiger partial charge in [0.05, 0.1) is 19.3 Å². The van der Waals surface area contributed by atoms with Crippen molar-refractivity contribution in [1.29, 1.82) is 0 Å². The number of fused-ring (bicyclic) bond motifs is 1. The number of phosphoric acid groups is 1. The van der Waals surface area contributed by atoms with Gasteiger partial charge < -0.3 is 9.26 Å². The molecule has 4 rings (SSSR count). The first-order valence-corrected chi connectivity index (χ1v) is 10.0. The van der Waals surface area contributed by atoms with Crippen LogP contribution in [0.2, 0.25) is 0 Å². The summed E-state index contributed by atoms with van der Waals surface area (Å²) in [5.74, 6) is 0.479. The van der Waals surface area contributed by atoms with Gasteiger partial charge in [0, 0.05) is 17.3 Å². The summed E-state index contributed by atoms with van der Waals surface area (Å²) >= 11 is 0. The lowest BCUT2D eigenvalue weighted by atomic mass is 10.2. The molecule has 0 radical (unpaired) electrons. The van der Waals surface area contributed by atoms with E-state index in [1.807, 2.05) is 12.1 Å². The van der Waals surface area contributed by atoms with E-state index in [-0.39, 0.29) is 19.3 Å². The van der Waals surface area contributed by atoms with Gasteiger partial charge in [0.2, 0.25) is 0 Å². The third-order valence-corrected chi connectivity index (χ3v) is 5.85. The van der Waals surface area contributed by atoms with Crippen molar-refractivity contribution in [2.75, 3.05) is 6.61 Å². The third kappa shape index (κ3) is 3.77. The predicted molar refractivity (Wildman–Crippen MR) is 94.6 cm³/mol. The molecule has 0 amide bonds. The number of hydrogen-bond acceptors (Lipinski definition) is 7. The first-order chi connectivity index (χ1) is 12.9. The summed E-state index contributed by atoms with van der Waals surface area (Å²) in [5.41, 5.74) is 0.280. The van der Waals surface area contributed by atoms with Gasteiger partial charge in [-0.2, -0.15) is 0 Å². The van der Waals surface area contributed by atoms with Crippen LogP contribution in [0.3, 0.4) is 0 Å². The maximum Gasteiger partial charge on any atom is 0.530 e. The van der Waals surface area contributed by atoms with E-state index >= 15 is 0 Å². The molecule has 0 bridgehead atoms. The summed E-state index contributed by atoms with van der Waals surface area (Å²) in [4.78, 5) is 25.7. The van der Waals surface area contributed by atoms with Crippen molar-refractivity contribution in [3.05, 3.63) is 62.4 Å². The predicted octanol–water partition coefficient (Wildman–Crippen LogP) is 2.26. The van der Waals surface area contributed by atoms with Crippen LogP contribution in [0.4, 0.5) is 0 Å². The minimum Gasteiger partial charge on any atom is -0.404 e. The molecule has 27 heavy (non-hydrogen) atoms. The van der Waals surface area contributed by atoms with Crippen LogP contribution in [0.15, 0.2) is 40.1 Å². The van der Waals surface area contributed by atoms with Crippen LogP contribution in [-0.2, 0) is 25.0 Å². The number of nitrogens with zero attached hydrogens (tertiary/aromatic N) is 1. The number of nitrogens with one attached hydrogen (secondary N) is 1. The number of aryl methyl sites for hydroxylation is 1. The van der Waals surface area contributed by atoms with E-state index in [2.05, 4.69) is 4.98 Å². The molecule has 1 aromatic carbocycles. The molecule has 0 aliphatic carbocycles. The second kappa shape index (κ2) is 7.09. The molecule has 2 aliphatic heterocycles. The summed E-state index contributed by atoms with van der Waals surface area (Å²) in [5, 5.41) is 0. The number of aromatic nitrogens is 2. The fourth-order valence-corrected chi connectivity index (χ4v) is 4.30. The van der Waals surface area contributed by atoms with Gasteiger partial charge in [0.1, 0.15) is 12.0 Å². The van der Waals surface area contributed by atoms with E-state index in [0.717, 1.165) is 5.56 Å². The maximum atomic E-state index is 12.6. The van der Waals surface area contributed by atoms with Gasteiger partial charge in [-0.05, 0) is 25.8 Å². The SMILES string of the molecule is Cc1cn(C2CCC(COP3(=O)OCc4ccccc4O3)O2)c(=O)[nH]c1=O. The molecule has 0 spiro atoms. The molecule has 1 fully saturated rings. The molecular formula is C17H19N2O7P. The van der Waals surface area contributed by atoms with Crippen molar-refractivity contribution in [3.8, 4) is 5.75 Å². The van der Waals surface area contributed by atoms with Crippen LogP contribution in [0.5, 0.6) is 5.75 Å². The third-order valence-electron chi connectivity index (χ3n) is 4.52. The lowest BCUT2D eigenvalue weighted by molar-refractivity contribution is -0.0265. The Balaban J connectivity index is 1.38. The summed E-state index contributed by atoms with van der Waals surface area (Å²) in [6, 6.07) is 7.16. The summed E-state index contributed by atoms with van der Waals surface area (Å²) in [6.07, 6.45) is 1.75. The number of ether oxygens (including phenoxy) is 1. The van der Waals surface area contributed by atoms with Crippen molar-refractivity contribution < 1.29 is 22.9 Å². The van der Waals surface area contributed by atoms with Crippen molar-refractivity contribution in [2.24, 2.45) is 0 Å². The number of aromatic amines is 1. The fourth-order valence-electron chi connectivity index (χ4n) is 3.06. The summed E-state index contributed by atoms with van der Waals surface area (Å²) < 4.78 is 35.9. The molecule has 2 aliphatic rings. The quantitative estimate of drug-likeness (QED) is 0.792. The molecule has 9 nitrogen and oxygen atoms in total. The molecule has 1 N–H and O–H groups in total. The highest BCUT2D eigenvalue weighted by molar-refractivity contribution is 7.49. The standard InChI is InChI=1S/C17H19N2O7P/c1-11-8-19(17(21)18-16(11)20)15-7-6-13(25-15)10-24-27(22)23-9-12-4-2-3-5-14(12)26-27/h2-5,8,13,15H,6-7,9-10H2,1H3,(H,18,20,21). The summed E-state index contributed by atoms with van der Waals surface area (Å²) in [7, 11) is -3.71. The molecule has 0 saturated carbocycles. The Morgan fingerprint density at radius 3 is 2.96 bits per heavy atom. The van der Waals surface area contributed by atoms with Crippen LogP contribution in [-0.4, -0.2) is 22.3 Å². The second-order valence-electron chi connectivity index (χ2n) is 6.48. The first kappa shape index (κ1) is 18.2. The number of benzene rings is 1. The zero-order valence-electron chi connectivity index (χ0n) is 14.6. The smallest absolute Gasteiger partial charge is 0.404 e. The highest BCUT2D eigenvalue weighted by Gasteiger charge is 2.36. The van der Waals surface area contributed by atoms with E-state index in [1.165, 1.54) is 10.8 Å². The van der Waals surface area contributed by atoms with Crippen LogP contribution >= 0.6 is 7.82 Å². The van der Waals surface area contributed by atoms with Gasteiger partial charge in [-0.25, -0.2) is 9.36 Å². The monoisotopic (exact) mass is 394 g/mol. The van der Waals surface area contributed by atoms with E-state index < -0.39 is 25.3 Å². The number of rotatable bonds is 4. The molecule has 1 saturated heterocycles. The minimum absolute atomic E-state index is 0.00697. The molecule has 3 heterocycles. The minimum atomic E-state index is -3.71. The topological polar surface area (TPSA) is 109 Å². The molecule has 144 valence electrons. The zero-order valence-corrected chi connectivity index (χ0v) is 15.5. The van der Waals surface area contributed by atoms with Gasteiger partial charge >= 0.3 is 13.5 Å². The van der Waals surface area contributed by atoms with Crippen molar-refractivity contribution in [2.45, 2.75) is 38.7 Å². The molecular weight excluding hydrogens is 375 g/mol. The number of phosphoric ester groups is 1. The van der Waals surface area contributed by atoms with E-state index in [0.29, 0.717) is 24.2 Å². The van der Waals surface area contributed by atoms with Gasteiger partial charge in [0.15, 0.2) is 0 Å². The Bertz CT molecular complexity index is 1010. The van der Waals surface area contributed by atoms with E-state index in [9.17, 15) is 14.2 Å². The number of hydrogen-bond donors (Lipinski definition) is 1. The normalized spacial score (nSPS) is 27.1. The number of H-pyrrole nitrogens is 1. The van der Waals surface area contributed by atoms with Crippen LogP contribution in [0.25, 0.3) is 0 Å². The van der Waals surface area contributed by atoms with Gasteiger partial charge in [-0.1, -0.05) is 18.2 Å². The van der Waals surface area contributed by atoms with Gasteiger partial charge in [0.25, 0.3) is 5.56 Å². The Morgan fingerprint density at radius 1 is 1.30 bits per heavy atom. The molecule has 3 unspecified atom stereocenters. The Kier molecular flexibility index (Phi) is 4.77. The fraction of sp³-hybridized carbons (Fsp3) is 0.412. The van der Waals surface area contributed by atoms with Gasteiger partial charge in [-0.3, -0.25) is 23.4 Å². The average Bonchev–Trinajstić information content (AvgIpc) is 3.12. The van der Waals surface area contributed by atoms with E-state index in [4.69, 9.17) is 18.3 Å². The van der Waals surface area contributed by atoms with E-state index in [1.54, 1.807) is 19.1 Å². The van der Waals surface area contributed by atoms with Crippen LogP contribution in [0, 0.1) is 6.92 Å². The van der Waals surface area contributed by atoms with Crippen molar-refractivity contribution in [1.82, 2.24) is 9.55 Å². The second-order valence-corrected chi connectivity index (χ2v) is 8.08. The molecule has 1 aromatic heterocycles. The maximum absolute atomic E-state index is 12.6. The highest BCUT2D eigenvalue weighted by Crippen LogP contribution is 2.54. The summed E-state index contributed by atoms with van der Waals surface area (Å²) in [6.45, 7) is 1.77.